The predicted octanol–water partition coefficient (Wildman–Crippen LogP) is 1.77. The third kappa shape index (κ3) is 3.05. The van der Waals surface area contributed by atoms with E-state index in [-0.39, 0.29) is 23.4 Å². The summed E-state index contributed by atoms with van der Waals surface area (Å²) in [6.07, 6.45) is 4.70. The van der Waals surface area contributed by atoms with Gasteiger partial charge in [-0.3, -0.25) is 19.7 Å². The number of nitro benzene ring substituents is 1. The summed E-state index contributed by atoms with van der Waals surface area (Å²) in [5.74, 6) is -1.99. The molecule has 0 aromatic heterocycles. The normalized spacial score (nSPS) is 29.2. The van der Waals surface area contributed by atoms with E-state index in [2.05, 4.69) is 4.90 Å². The molecule has 1 saturated heterocycles. The average molecular weight is 371 g/mol. The summed E-state index contributed by atoms with van der Waals surface area (Å²) in [7, 11) is 0. The number of anilines is 1. The first kappa shape index (κ1) is 17.5. The minimum Gasteiger partial charge on any atom is -0.481 e. The van der Waals surface area contributed by atoms with E-state index < -0.39 is 22.7 Å². The highest BCUT2D eigenvalue weighted by atomic mass is 16.6. The number of nitrogens with zero attached hydrogens (tertiary/aromatic N) is 3. The monoisotopic (exact) mass is 371 g/mol. The lowest BCUT2D eigenvalue weighted by Gasteiger charge is -2.38. The fraction of sp³-hybridized carbons (Fsp3) is 0.474. The first-order chi connectivity index (χ1) is 13.0. The van der Waals surface area contributed by atoms with Gasteiger partial charge in [-0.1, -0.05) is 12.2 Å². The number of fused-ring (bicyclic) bond motifs is 2. The number of non-ortho nitro benzene ring substituents is 1. The second-order valence-electron chi connectivity index (χ2n) is 7.42. The SMILES string of the molecule is O=C(O)[C@@H]1[C@H](C(=O)N2CCN(c3ccc([N+](=O)[O-])cc3)CC2)[C@H]2C=C[C@H]1C2. The summed E-state index contributed by atoms with van der Waals surface area (Å²) in [6, 6.07) is 6.39. The quantitative estimate of drug-likeness (QED) is 0.491. The van der Waals surface area contributed by atoms with Crippen LogP contribution >= 0.6 is 0 Å². The second kappa shape index (κ2) is 6.68. The molecule has 4 rings (SSSR count). The van der Waals surface area contributed by atoms with Crippen LogP contribution in [0.5, 0.6) is 0 Å². The number of piperazine rings is 1. The molecule has 1 heterocycles. The summed E-state index contributed by atoms with van der Waals surface area (Å²) < 4.78 is 0. The van der Waals surface area contributed by atoms with Crippen molar-refractivity contribution in [3.05, 3.63) is 46.5 Å². The van der Waals surface area contributed by atoms with Crippen molar-refractivity contribution >= 4 is 23.3 Å². The lowest BCUT2D eigenvalue weighted by atomic mass is 9.82. The maximum atomic E-state index is 13.0. The molecule has 2 fully saturated rings. The maximum absolute atomic E-state index is 13.0. The third-order valence-corrected chi connectivity index (χ3v) is 6.05. The number of carbonyl (C=O) groups excluding carboxylic acids is 1. The molecule has 8 heteroatoms. The molecule has 1 amide bonds. The summed E-state index contributed by atoms with van der Waals surface area (Å²) in [5.41, 5.74) is 0.940. The first-order valence-electron chi connectivity index (χ1n) is 9.15. The first-order valence-corrected chi connectivity index (χ1v) is 9.15. The van der Waals surface area contributed by atoms with Gasteiger partial charge in [0.15, 0.2) is 0 Å². The molecule has 0 radical (unpaired) electrons. The van der Waals surface area contributed by atoms with Crippen molar-refractivity contribution in [2.75, 3.05) is 31.1 Å². The van der Waals surface area contributed by atoms with Gasteiger partial charge in [-0.05, 0) is 30.4 Å². The molecule has 1 saturated carbocycles. The Morgan fingerprint density at radius 2 is 1.59 bits per heavy atom. The average Bonchev–Trinajstić information content (AvgIpc) is 3.29. The molecule has 2 bridgehead atoms. The molecule has 1 aromatic carbocycles. The number of hydrogen-bond donors (Lipinski definition) is 1. The van der Waals surface area contributed by atoms with Gasteiger partial charge in [0.25, 0.3) is 5.69 Å². The van der Waals surface area contributed by atoms with E-state index in [1.54, 1.807) is 17.0 Å². The fourth-order valence-corrected chi connectivity index (χ4v) is 4.68. The van der Waals surface area contributed by atoms with Gasteiger partial charge < -0.3 is 14.9 Å². The third-order valence-electron chi connectivity index (χ3n) is 6.05. The van der Waals surface area contributed by atoms with Crippen LogP contribution < -0.4 is 4.90 Å². The van der Waals surface area contributed by atoms with Gasteiger partial charge in [0.05, 0.1) is 16.8 Å². The molecule has 4 atom stereocenters. The molecule has 3 aliphatic rings. The standard InChI is InChI=1S/C19H21N3O5/c23-18(16-12-1-2-13(11-12)17(16)19(24)25)21-9-7-20(8-10-21)14-3-5-15(6-4-14)22(26)27/h1-6,12-13,16-17H,7-11H2,(H,24,25)/t12-,13-,16+,17-/m0/s1. The van der Waals surface area contributed by atoms with Crippen LogP contribution in [0.15, 0.2) is 36.4 Å². The van der Waals surface area contributed by atoms with Gasteiger partial charge in [-0.25, -0.2) is 0 Å². The number of amides is 1. The van der Waals surface area contributed by atoms with Gasteiger partial charge in [0.2, 0.25) is 5.91 Å². The number of hydrogen-bond acceptors (Lipinski definition) is 5. The van der Waals surface area contributed by atoms with E-state index >= 15 is 0 Å². The highest BCUT2D eigenvalue weighted by molar-refractivity contribution is 5.87. The minimum atomic E-state index is -0.880. The van der Waals surface area contributed by atoms with Gasteiger partial charge >= 0.3 is 5.97 Å². The van der Waals surface area contributed by atoms with Crippen LogP contribution in [0.1, 0.15) is 6.42 Å². The number of carboxylic acid groups (broad SMARTS) is 1. The number of benzene rings is 1. The molecule has 142 valence electrons. The predicted molar refractivity (Wildman–Crippen MR) is 97.2 cm³/mol. The highest BCUT2D eigenvalue weighted by Crippen LogP contribution is 2.48. The van der Waals surface area contributed by atoms with Gasteiger partial charge in [-0.15, -0.1) is 0 Å². The van der Waals surface area contributed by atoms with Crippen LogP contribution in [-0.4, -0.2) is 53.0 Å². The van der Waals surface area contributed by atoms with Crippen molar-refractivity contribution in [3.8, 4) is 0 Å². The van der Waals surface area contributed by atoms with Crippen molar-refractivity contribution in [3.63, 3.8) is 0 Å². The largest absolute Gasteiger partial charge is 0.481 e. The molecule has 0 spiro atoms. The van der Waals surface area contributed by atoms with E-state index in [9.17, 15) is 24.8 Å². The zero-order valence-electron chi connectivity index (χ0n) is 14.7. The molecular formula is C19H21N3O5. The number of aliphatic carboxylic acids is 1. The van der Waals surface area contributed by atoms with Crippen molar-refractivity contribution in [1.29, 1.82) is 0 Å². The lowest BCUT2D eigenvalue weighted by molar-refractivity contribution is -0.384. The number of nitro groups is 1. The van der Waals surface area contributed by atoms with Crippen LogP contribution in [0.3, 0.4) is 0 Å². The molecule has 2 aliphatic carbocycles. The number of allylic oxidation sites excluding steroid dienone is 2. The second-order valence-corrected chi connectivity index (χ2v) is 7.42. The fourth-order valence-electron chi connectivity index (χ4n) is 4.68. The zero-order chi connectivity index (χ0) is 19.1. The van der Waals surface area contributed by atoms with Gasteiger partial charge in [0.1, 0.15) is 0 Å². The van der Waals surface area contributed by atoms with Crippen LogP contribution in [-0.2, 0) is 9.59 Å². The maximum Gasteiger partial charge on any atom is 0.307 e. The van der Waals surface area contributed by atoms with Crippen molar-refractivity contribution in [2.45, 2.75) is 6.42 Å². The molecule has 0 unspecified atom stereocenters. The van der Waals surface area contributed by atoms with E-state index in [1.807, 2.05) is 12.2 Å². The van der Waals surface area contributed by atoms with Gasteiger partial charge in [0, 0.05) is 44.0 Å². The summed E-state index contributed by atoms with van der Waals surface area (Å²) in [6.45, 7) is 2.30. The van der Waals surface area contributed by atoms with E-state index in [0.717, 1.165) is 12.1 Å². The van der Waals surface area contributed by atoms with Crippen molar-refractivity contribution in [1.82, 2.24) is 4.90 Å². The summed E-state index contributed by atoms with van der Waals surface area (Å²) in [5, 5.41) is 20.3. The van der Waals surface area contributed by atoms with Crippen molar-refractivity contribution in [2.24, 2.45) is 23.7 Å². The van der Waals surface area contributed by atoms with E-state index in [4.69, 9.17) is 0 Å². The Hall–Kier alpha value is -2.90. The van der Waals surface area contributed by atoms with E-state index in [0.29, 0.717) is 26.2 Å². The zero-order valence-corrected chi connectivity index (χ0v) is 14.7. The highest BCUT2D eigenvalue weighted by Gasteiger charge is 2.52. The Balaban J connectivity index is 1.40. The smallest absolute Gasteiger partial charge is 0.307 e. The van der Waals surface area contributed by atoms with Crippen LogP contribution in [0.2, 0.25) is 0 Å². The van der Waals surface area contributed by atoms with Crippen molar-refractivity contribution < 1.29 is 19.6 Å². The molecule has 8 nitrogen and oxygen atoms in total. The van der Waals surface area contributed by atoms with Crippen LogP contribution in [0.25, 0.3) is 0 Å². The molecule has 1 aliphatic heterocycles. The van der Waals surface area contributed by atoms with Crippen LogP contribution in [0, 0.1) is 33.8 Å². The molecule has 1 N–H and O–H groups in total. The Morgan fingerprint density at radius 1 is 1.00 bits per heavy atom. The Kier molecular flexibility index (Phi) is 4.33. The van der Waals surface area contributed by atoms with Gasteiger partial charge in [-0.2, -0.15) is 0 Å². The van der Waals surface area contributed by atoms with Crippen LogP contribution in [0.4, 0.5) is 11.4 Å². The molecule has 1 aromatic rings. The Labute approximate surface area is 156 Å². The topological polar surface area (TPSA) is 104 Å². The minimum absolute atomic E-state index is 0.0251. The Bertz CT molecular complexity index is 798. The summed E-state index contributed by atoms with van der Waals surface area (Å²) >= 11 is 0. The molecular weight excluding hydrogens is 350 g/mol. The van der Waals surface area contributed by atoms with E-state index in [1.165, 1.54) is 12.1 Å². The Morgan fingerprint density at radius 3 is 2.15 bits per heavy atom. The number of rotatable bonds is 4. The number of carbonyl (C=O) groups is 2. The lowest BCUT2D eigenvalue weighted by Crippen LogP contribution is -2.52. The summed E-state index contributed by atoms with van der Waals surface area (Å²) in [4.78, 5) is 38.8. The molecule has 27 heavy (non-hydrogen) atoms. The number of carboxylic acids is 1.